The van der Waals surface area contributed by atoms with Crippen molar-refractivity contribution in [3.8, 4) is 0 Å². The molecule has 1 aliphatic rings. The molecule has 1 rings (SSSR count). The van der Waals surface area contributed by atoms with Crippen molar-refractivity contribution in [2.45, 2.75) is 43.8 Å². The highest BCUT2D eigenvalue weighted by molar-refractivity contribution is 5.84. The summed E-state index contributed by atoms with van der Waals surface area (Å²) >= 11 is 0. The van der Waals surface area contributed by atoms with E-state index in [9.17, 15) is 26.7 Å². The number of hydrogen-bond acceptors (Lipinski definition) is 2. The van der Waals surface area contributed by atoms with Crippen LogP contribution in [-0.2, 0) is 4.79 Å². The van der Waals surface area contributed by atoms with Crippen LogP contribution in [0.15, 0.2) is 0 Å². The summed E-state index contributed by atoms with van der Waals surface area (Å²) in [5, 5.41) is 8.98. The van der Waals surface area contributed by atoms with Crippen molar-refractivity contribution in [3.63, 3.8) is 0 Å². The minimum absolute atomic E-state index is 0.185. The van der Waals surface area contributed by atoms with Crippen LogP contribution in [0.5, 0.6) is 0 Å². The molecule has 0 aliphatic carbocycles. The Hall–Kier alpha value is -0.920. The van der Waals surface area contributed by atoms with Crippen LogP contribution in [0.3, 0.4) is 0 Å². The average Bonchev–Trinajstić information content (AvgIpc) is 2.50. The molecule has 0 saturated carbocycles. The molecule has 0 spiro atoms. The maximum absolute atomic E-state index is 13.0. The molecule has 1 heterocycles. The van der Waals surface area contributed by atoms with Crippen molar-refractivity contribution in [2.24, 2.45) is 0 Å². The van der Waals surface area contributed by atoms with Gasteiger partial charge in [-0.05, 0) is 12.8 Å². The van der Waals surface area contributed by atoms with Gasteiger partial charge in [-0.2, -0.15) is 22.0 Å². The molecule has 1 aliphatic heterocycles. The fourth-order valence-corrected chi connectivity index (χ4v) is 1.94. The van der Waals surface area contributed by atoms with Crippen LogP contribution >= 0.6 is 0 Å². The van der Waals surface area contributed by atoms with Gasteiger partial charge >= 0.3 is 18.0 Å². The van der Waals surface area contributed by atoms with Crippen LogP contribution in [-0.4, -0.2) is 47.2 Å². The quantitative estimate of drug-likeness (QED) is 0.782. The third kappa shape index (κ3) is 2.90. The molecule has 1 fully saturated rings. The van der Waals surface area contributed by atoms with Crippen LogP contribution < -0.4 is 0 Å². The molecule has 1 atom stereocenters. The van der Waals surface area contributed by atoms with Crippen LogP contribution in [0.25, 0.3) is 0 Å². The number of nitrogens with zero attached hydrogens (tertiary/aromatic N) is 1. The second kappa shape index (κ2) is 5.38. The Morgan fingerprint density at radius 1 is 1.17 bits per heavy atom. The molecule has 1 amide bonds. The number of likely N-dealkylation sites (tertiary alicyclic amines) is 1. The van der Waals surface area contributed by atoms with Gasteiger partial charge in [0.05, 0.1) is 12.6 Å². The highest BCUT2D eigenvalue weighted by atomic mass is 19.4. The first-order chi connectivity index (χ1) is 8.21. The number of carbonyl (C=O) groups excluding carboxylic acids is 1. The molecule has 0 aromatic carbocycles. The van der Waals surface area contributed by atoms with Crippen molar-refractivity contribution < 1.29 is 31.9 Å². The standard InChI is InChI=1S/C10H14F5NO2/c11-9(12,10(13,14)15)8(18)16-5-3-1-2-4-7(16)6-17/h7,17H,1-6H2. The van der Waals surface area contributed by atoms with Crippen LogP contribution in [0.4, 0.5) is 22.0 Å². The Bertz CT molecular complexity index is 305. The lowest BCUT2D eigenvalue weighted by molar-refractivity contribution is -0.275. The molecule has 0 aromatic heterocycles. The molecule has 0 bridgehead atoms. The van der Waals surface area contributed by atoms with E-state index in [0.717, 1.165) is 0 Å². The van der Waals surface area contributed by atoms with E-state index < -0.39 is 30.7 Å². The first kappa shape index (κ1) is 15.1. The predicted octanol–water partition coefficient (Wildman–Crippen LogP) is 1.95. The van der Waals surface area contributed by atoms with Gasteiger partial charge in [0.1, 0.15) is 0 Å². The smallest absolute Gasteiger partial charge is 0.394 e. The molecule has 8 heteroatoms. The van der Waals surface area contributed by atoms with E-state index in [4.69, 9.17) is 5.11 Å². The summed E-state index contributed by atoms with van der Waals surface area (Å²) in [6, 6.07) is -0.965. The monoisotopic (exact) mass is 275 g/mol. The fourth-order valence-electron chi connectivity index (χ4n) is 1.94. The van der Waals surface area contributed by atoms with Gasteiger partial charge < -0.3 is 10.0 Å². The van der Waals surface area contributed by atoms with Gasteiger partial charge in [0.2, 0.25) is 0 Å². The summed E-state index contributed by atoms with van der Waals surface area (Å²) in [6.45, 7) is -0.796. The zero-order valence-corrected chi connectivity index (χ0v) is 9.51. The van der Waals surface area contributed by atoms with Crippen molar-refractivity contribution in [1.29, 1.82) is 0 Å². The number of halogens is 5. The second-order valence-corrected chi connectivity index (χ2v) is 4.26. The lowest BCUT2D eigenvalue weighted by Crippen LogP contribution is -2.55. The van der Waals surface area contributed by atoms with Crippen molar-refractivity contribution in [3.05, 3.63) is 0 Å². The van der Waals surface area contributed by atoms with Gasteiger partial charge in [0.15, 0.2) is 0 Å². The van der Waals surface area contributed by atoms with Gasteiger partial charge in [0, 0.05) is 6.54 Å². The van der Waals surface area contributed by atoms with Crippen LogP contribution in [0, 0.1) is 0 Å². The highest BCUT2D eigenvalue weighted by Crippen LogP contribution is 2.37. The van der Waals surface area contributed by atoms with Gasteiger partial charge in [-0.25, -0.2) is 0 Å². The van der Waals surface area contributed by atoms with Crippen molar-refractivity contribution in [1.82, 2.24) is 4.90 Å². The Kier molecular flexibility index (Phi) is 4.52. The van der Waals surface area contributed by atoms with E-state index in [1.54, 1.807) is 0 Å². The van der Waals surface area contributed by atoms with E-state index >= 15 is 0 Å². The number of aliphatic hydroxyl groups is 1. The van der Waals surface area contributed by atoms with Gasteiger partial charge in [-0.3, -0.25) is 4.79 Å². The molecular weight excluding hydrogens is 261 g/mol. The van der Waals surface area contributed by atoms with E-state index in [2.05, 4.69) is 0 Å². The first-order valence-electron chi connectivity index (χ1n) is 5.58. The lowest BCUT2D eigenvalue weighted by Gasteiger charge is -2.32. The topological polar surface area (TPSA) is 40.5 Å². The zero-order valence-electron chi connectivity index (χ0n) is 9.51. The molecule has 106 valence electrons. The lowest BCUT2D eigenvalue weighted by atomic mass is 10.1. The maximum Gasteiger partial charge on any atom is 0.463 e. The Morgan fingerprint density at radius 3 is 2.28 bits per heavy atom. The Balaban J connectivity index is 2.92. The highest BCUT2D eigenvalue weighted by Gasteiger charge is 2.65. The summed E-state index contributed by atoms with van der Waals surface area (Å²) in [7, 11) is 0. The van der Waals surface area contributed by atoms with Gasteiger partial charge in [-0.15, -0.1) is 0 Å². The molecule has 18 heavy (non-hydrogen) atoms. The van der Waals surface area contributed by atoms with Gasteiger partial charge in [0.25, 0.3) is 0 Å². The Labute approximate surface area is 101 Å². The summed E-state index contributed by atoms with van der Waals surface area (Å²) in [4.78, 5) is 11.8. The summed E-state index contributed by atoms with van der Waals surface area (Å²) in [6.07, 6.45) is -4.09. The van der Waals surface area contributed by atoms with Crippen LogP contribution in [0.2, 0.25) is 0 Å². The van der Waals surface area contributed by atoms with E-state index in [1.807, 2.05) is 0 Å². The number of aliphatic hydroxyl groups excluding tert-OH is 1. The van der Waals surface area contributed by atoms with Crippen molar-refractivity contribution in [2.75, 3.05) is 13.2 Å². The van der Waals surface area contributed by atoms with Gasteiger partial charge in [-0.1, -0.05) is 12.8 Å². The van der Waals surface area contributed by atoms with Crippen molar-refractivity contribution >= 4 is 5.91 Å². The molecule has 1 unspecified atom stereocenters. The number of amides is 1. The molecular formula is C10H14F5NO2. The number of alkyl halides is 5. The number of carbonyl (C=O) groups is 1. The molecule has 0 aromatic rings. The van der Waals surface area contributed by atoms with E-state index in [1.165, 1.54) is 0 Å². The molecule has 0 radical (unpaired) electrons. The minimum atomic E-state index is -5.91. The molecule has 1 saturated heterocycles. The summed E-state index contributed by atoms with van der Waals surface area (Å²) in [5.41, 5.74) is 0. The number of rotatable bonds is 2. The zero-order chi connectivity index (χ0) is 14.0. The predicted molar refractivity (Wildman–Crippen MR) is 52.1 cm³/mol. The first-order valence-corrected chi connectivity index (χ1v) is 5.58. The SMILES string of the molecule is O=C(N1CCCCCC1CO)C(F)(F)C(F)(F)F. The summed E-state index contributed by atoms with van der Waals surface area (Å²) < 4.78 is 62.2. The second-order valence-electron chi connectivity index (χ2n) is 4.26. The average molecular weight is 275 g/mol. The number of hydrogen-bond donors (Lipinski definition) is 1. The third-order valence-electron chi connectivity index (χ3n) is 2.97. The third-order valence-corrected chi connectivity index (χ3v) is 2.97. The molecule has 1 N–H and O–H groups in total. The van der Waals surface area contributed by atoms with E-state index in [0.29, 0.717) is 24.2 Å². The Morgan fingerprint density at radius 2 is 1.78 bits per heavy atom. The maximum atomic E-state index is 13.0. The normalized spacial score (nSPS) is 22.8. The fraction of sp³-hybridized carbons (Fsp3) is 0.900. The molecule has 3 nitrogen and oxygen atoms in total. The van der Waals surface area contributed by atoms with Crippen LogP contribution in [0.1, 0.15) is 25.7 Å². The summed E-state index contributed by atoms with van der Waals surface area (Å²) in [5.74, 6) is -7.67. The van der Waals surface area contributed by atoms with E-state index in [-0.39, 0.29) is 13.0 Å². The minimum Gasteiger partial charge on any atom is -0.394 e. The largest absolute Gasteiger partial charge is 0.463 e.